The molecule has 0 aliphatic rings. The predicted octanol–water partition coefficient (Wildman–Crippen LogP) is 3.03. The molecule has 0 unspecified atom stereocenters. The van der Waals surface area contributed by atoms with Crippen LogP contribution in [0.15, 0.2) is 42.6 Å². The molecule has 0 spiro atoms. The monoisotopic (exact) mass is 336 g/mol. The van der Waals surface area contributed by atoms with Crippen LogP contribution in [0.25, 0.3) is 11.3 Å². The van der Waals surface area contributed by atoms with Gasteiger partial charge in [0.2, 0.25) is 0 Å². The topological polar surface area (TPSA) is 79.9 Å². The summed E-state index contributed by atoms with van der Waals surface area (Å²) in [5.41, 5.74) is 5.11. The van der Waals surface area contributed by atoms with Gasteiger partial charge in [0.1, 0.15) is 11.4 Å². The number of aryl methyl sites for hydroxylation is 2. The molecule has 0 saturated heterocycles. The first kappa shape index (κ1) is 16.7. The van der Waals surface area contributed by atoms with E-state index >= 15 is 0 Å². The third kappa shape index (κ3) is 3.85. The van der Waals surface area contributed by atoms with E-state index in [4.69, 9.17) is 4.74 Å². The first-order valence-corrected chi connectivity index (χ1v) is 7.97. The molecule has 2 N–H and O–H groups in total. The van der Waals surface area contributed by atoms with Gasteiger partial charge in [-0.3, -0.25) is 14.9 Å². The number of nitrogens with one attached hydrogen (secondary N) is 2. The van der Waals surface area contributed by atoms with E-state index in [1.165, 1.54) is 0 Å². The van der Waals surface area contributed by atoms with E-state index in [0.717, 1.165) is 28.1 Å². The van der Waals surface area contributed by atoms with Crippen molar-refractivity contribution in [3.05, 3.63) is 65.1 Å². The second-order valence-electron chi connectivity index (χ2n) is 5.83. The fourth-order valence-electron chi connectivity index (χ4n) is 2.53. The van der Waals surface area contributed by atoms with Crippen molar-refractivity contribution in [3.8, 4) is 17.0 Å². The number of methoxy groups -OCH3 is 1. The van der Waals surface area contributed by atoms with Crippen LogP contribution in [0.1, 0.15) is 27.3 Å². The van der Waals surface area contributed by atoms with Gasteiger partial charge in [0.05, 0.1) is 12.8 Å². The molecule has 128 valence electrons. The number of carbonyl (C=O) groups excluding carboxylic acids is 1. The molecule has 0 aliphatic heterocycles. The summed E-state index contributed by atoms with van der Waals surface area (Å²) in [5, 5.41) is 9.88. The molecular formula is C19H20N4O2. The number of rotatable bonds is 5. The van der Waals surface area contributed by atoms with Crippen LogP contribution in [-0.4, -0.2) is 28.2 Å². The zero-order valence-electron chi connectivity index (χ0n) is 14.5. The Hall–Kier alpha value is -3.15. The molecule has 25 heavy (non-hydrogen) atoms. The number of H-pyrrole nitrogens is 1. The zero-order chi connectivity index (χ0) is 17.8. The van der Waals surface area contributed by atoms with E-state index in [2.05, 4.69) is 20.5 Å². The molecule has 2 heterocycles. The Labute approximate surface area is 146 Å². The van der Waals surface area contributed by atoms with E-state index in [1.54, 1.807) is 19.4 Å². The lowest BCUT2D eigenvalue weighted by Crippen LogP contribution is -2.23. The lowest BCUT2D eigenvalue weighted by Gasteiger charge is -2.07. The lowest BCUT2D eigenvalue weighted by molar-refractivity contribution is 0.0946. The summed E-state index contributed by atoms with van der Waals surface area (Å²) < 4.78 is 5.14. The molecule has 2 aromatic heterocycles. The van der Waals surface area contributed by atoms with E-state index in [0.29, 0.717) is 17.9 Å². The van der Waals surface area contributed by atoms with Gasteiger partial charge >= 0.3 is 0 Å². The zero-order valence-corrected chi connectivity index (χ0v) is 14.5. The normalized spacial score (nSPS) is 10.5. The van der Waals surface area contributed by atoms with Crippen LogP contribution in [0, 0.1) is 13.8 Å². The molecule has 3 aromatic rings. The number of aromatic nitrogens is 3. The van der Waals surface area contributed by atoms with Gasteiger partial charge in [-0.1, -0.05) is 0 Å². The minimum absolute atomic E-state index is 0.202. The SMILES string of the molecule is COc1ccc(-c2cc(C(=O)NCc3cnc(C)cc3C)[nH]n2)cc1. The fourth-order valence-corrected chi connectivity index (χ4v) is 2.53. The minimum Gasteiger partial charge on any atom is -0.497 e. The number of benzene rings is 1. The van der Waals surface area contributed by atoms with Crippen LogP contribution in [0.3, 0.4) is 0 Å². The van der Waals surface area contributed by atoms with Crippen molar-refractivity contribution in [2.75, 3.05) is 7.11 Å². The van der Waals surface area contributed by atoms with E-state index < -0.39 is 0 Å². The molecule has 0 aliphatic carbocycles. The van der Waals surface area contributed by atoms with Gasteiger partial charge in [-0.2, -0.15) is 5.10 Å². The highest BCUT2D eigenvalue weighted by molar-refractivity contribution is 5.93. The maximum absolute atomic E-state index is 12.3. The molecule has 0 saturated carbocycles. The minimum atomic E-state index is -0.202. The Morgan fingerprint density at radius 3 is 2.64 bits per heavy atom. The molecule has 6 nitrogen and oxygen atoms in total. The van der Waals surface area contributed by atoms with Crippen LogP contribution < -0.4 is 10.1 Å². The van der Waals surface area contributed by atoms with Gasteiger partial charge < -0.3 is 10.1 Å². The first-order valence-electron chi connectivity index (χ1n) is 7.97. The van der Waals surface area contributed by atoms with Crippen LogP contribution in [0.5, 0.6) is 5.75 Å². The Morgan fingerprint density at radius 1 is 1.20 bits per heavy atom. The summed E-state index contributed by atoms with van der Waals surface area (Å²) in [6, 6.07) is 11.3. The molecule has 0 fully saturated rings. The number of hydrogen-bond acceptors (Lipinski definition) is 4. The summed E-state index contributed by atoms with van der Waals surface area (Å²) in [4.78, 5) is 16.6. The highest BCUT2D eigenvalue weighted by atomic mass is 16.5. The average molecular weight is 336 g/mol. The Balaban J connectivity index is 1.67. The van der Waals surface area contributed by atoms with Crippen molar-refractivity contribution < 1.29 is 9.53 Å². The lowest BCUT2D eigenvalue weighted by atomic mass is 10.1. The summed E-state index contributed by atoms with van der Waals surface area (Å²) in [5.74, 6) is 0.576. The highest BCUT2D eigenvalue weighted by Gasteiger charge is 2.11. The van der Waals surface area contributed by atoms with Crippen molar-refractivity contribution >= 4 is 5.91 Å². The standard InChI is InChI=1S/C19H20N4O2/c1-12-8-13(2)20-10-15(12)11-21-19(24)18-9-17(22-23-18)14-4-6-16(25-3)7-5-14/h4-10H,11H2,1-3H3,(H,21,24)(H,22,23). The quantitative estimate of drug-likeness (QED) is 0.750. The summed E-state index contributed by atoms with van der Waals surface area (Å²) >= 11 is 0. The van der Waals surface area contributed by atoms with Gasteiger partial charge in [0.15, 0.2) is 0 Å². The second-order valence-corrected chi connectivity index (χ2v) is 5.83. The number of ether oxygens (including phenoxy) is 1. The van der Waals surface area contributed by atoms with E-state index in [9.17, 15) is 4.79 Å². The molecule has 1 amide bonds. The Kier molecular flexibility index (Phi) is 4.79. The molecular weight excluding hydrogens is 316 g/mol. The summed E-state index contributed by atoms with van der Waals surface area (Å²) in [7, 11) is 1.62. The predicted molar refractivity (Wildman–Crippen MR) is 95.5 cm³/mol. The van der Waals surface area contributed by atoms with Crippen molar-refractivity contribution in [1.29, 1.82) is 0 Å². The number of carbonyl (C=O) groups is 1. The molecule has 3 rings (SSSR count). The average Bonchev–Trinajstić information content (AvgIpc) is 3.11. The van der Waals surface area contributed by atoms with E-state index in [-0.39, 0.29) is 5.91 Å². The van der Waals surface area contributed by atoms with E-state index in [1.807, 2.05) is 44.2 Å². The van der Waals surface area contributed by atoms with Gasteiger partial charge in [-0.15, -0.1) is 0 Å². The maximum Gasteiger partial charge on any atom is 0.269 e. The smallest absolute Gasteiger partial charge is 0.269 e. The molecule has 0 atom stereocenters. The van der Waals surface area contributed by atoms with Crippen LogP contribution in [0.4, 0.5) is 0 Å². The fraction of sp³-hybridized carbons (Fsp3) is 0.211. The number of aromatic amines is 1. The van der Waals surface area contributed by atoms with Crippen molar-refractivity contribution in [3.63, 3.8) is 0 Å². The first-order chi connectivity index (χ1) is 12.1. The van der Waals surface area contributed by atoms with Crippen LogP contribution in [0.2, 0.25) is 0 Å². The molecule has 6 heteroatoms. The Morgan fingerprint density at radius 2 is 1.96 bits per heavy atom. The summed E-state index contributed by atoms with van der Waals surface area (Å²) in [6.45, 7) is 4.38. The molecule has 0 radical (unpaired) electrons. The number of amides is 1. The van der Waals surface area contributed by atoms with Gasteiger partial charge in [0.25, 0.3) is 5.91 Å². The third-order valence-electron chi connectivity index (χ3n) is 4.00. The number of pyridine rings is 1. The summed E-state index contributed by atoms with van der Waals surface area (Å²) in [6.07, 6.45) is 1.79. The number of nitrogens with zero attached hydrogens (tertiary/aromatic N) is 2. The maximum atomic E-state index is 12.3. The Bertz CT molecular complexity index is 885. The second kappa shape index (κ2) is 7.17. The third-order valence-corrected chi connectivity index (χ3v) is 4.00. The van der Waals surface area contributed by atoms with Gasteiger partial charge in [0, 0.05) is 24.0 Å². The van der Waals surface area contributed by atoms with Gasteiger partial charge in [-0.05, 0) is 61.4 Å². The molecule has 0 bridgehead atoms. The van der Waals surface area contributed by atoms with Crippen LogP contribution >= 0.6 is 0 Å². The van der Waals surface area contributed by atoms with Crippen LogP contribution in [-0.2, 0) is 6.54 Å². The number of hydrogen-bond donors (Lipinski definition) is 2. The molecule has 1 aromatic carbocycles. The van der Waals surface area contributed by atoms with Gasteiger partial charge in [-0.25, -0.2) is 0 Å². The largest absolute Gasteiger partial charge is 0.497 e. The van der Waals surface area contributed by atoms with Crippen molar-refractivity contribution in [2.24, 2.45) is 0 Å². The highest BCUT2D eigenvalue weighted by Crippen LogP contribution is 2.21. The van der Waals surface area contributed by atoms with Crippen molar-refractivity contribution in [1.82, 2.24) is 20.5 Å². The van der Waals surface area contributed by atoms with Crippen molar-refractivity contribution in [2.45, 2.75) is 20.4 Å².